The van der Waals surface area contributed by atoms with Crippen molar-refractivity contribution in [1.82, 2.24) is 0 Å². The fourth-order valence-electron chi connectivity index (χ4n) is 1.59. The van der Waals surface area contributed by atoms with Gasteiger partial charge in [-0.15, -0.1) is 0 Å². The second-order valence-electron chi connectivity index (χ2n) is 3.98. The largest absolute Gasteiger partial charge is 0.336 e. The van der Waals surface area contributed by atoms with Gasteiger partial charge in [0.05, 0.1) is 12.0 Å². The second-order valence-corrected chi connectivity index (χ2v) is 3.98. The van der Waals surface area contributed by atoms with E-state index in [-0.39, 0.29) is 0 Å². The number of hydrogen-bond donors (Lipinski definition) is 0. The van der Waals surface area contributed by atoms with Crippen molar-refractivity contribution in [1.29, 1.82) is 0 Å². The molecule has 0 aliphatic carbocycles. The number of nitrogens with zero attached hydrogens (tertiary/aromatic N) is 2. The van der Waals surface area contributed by atoms with Crippen LogP contribution in [0.15, 0.2) is 59.6 Å². The Morgan fingerprint density at radius 2 is 1.59 bits per heavy atom. The Hall–Kier alpha value is -2.09. The number of para-hydroxylation sites is 2. The van der Waals surface area contributed by atoms with E-state index in [1.54, 1.807) is 0 Å². The van der Waals surface area contributed by atoms with Crippen LogP contribution in [0.5, 0.6) is 0 Å². The van der Waals surface area contributed by atoms with Crippen molar-refractivity contribution in [2.75, 3.05) is 11.9 Å². The Bertz CT molecular complexity index is 503. The Morgan fingerprint density at radius 3 is 2.29 bits per heavy atom. The number of aliphatic imine (C=N–C) groups is 1. The summed E-state index contributed by atoms with van der Waals surface area (Å²) in [6.07, 6.45) is 1.84. The molecule has 0 saturated carbocycles. The van der Waals surface area contributed by atoms with Gasteiger partial charge in [0.1, 0.15) is 0 Å². The third kappa shape index (κ3) is 2.94. The van der Waals surface area contributed by atoms with E-state index in [2.05, 4.69) is 30.1 Å². The van der Waals surface area contributed by atoms with E-state index < -0.39 is 0 Å². The molecule has 0 atom stereocenters. The standard InChI is InChI=1S/C15H16N2/c1-13-8-6-7-11-15(13)16-12-17(2)14-9-4-3-5-10-14/h3-12H,1-2H3. The maximum absolute atomic E-state index is 4.48. The van der Waals surface area contributed by atoms with Crippen molar-refractivity contribution in [3.05, 3.63) is 60.2 Å². The first-order valence-electron chi connectivity index (χ1n) is 5.65. The van der Waals surface area contributed by atoms with E-state index >= 15 is 0 Å². The highest BCUT2D eigenvalue weighted by molar-refractivity contribution is 5.80. The third-order valence-corrected chi connectivity index (χ3v) is 2.65. The molecule has 0 N–H and O–H groups in total. The first-order valence-corrected chi connectivity index (χ1v) is 5.65. The molecular formula is C15H16N2. The second kappa shape index (κ2) is 5.30. The summed E-state index contributed by atoms with van der Waals surface area (Å²) in [7, 11) is 2.00. The lowest BCUT2D eigenvalue weighted by Crippen LogP contribution is -2.13. The van der Waals surface area contributed by atoms with Gasteiger partial charge < -0.3 is 4.90 Å². The van der Waals surface area contributed by atoms with E-state index in [1.807, 2.05) is 54.7 Å². The Morgan fingerprint density at radius 1 is 0.941 bits per heavy atom. The third-order valence-electron chi connectivity index (χ3n) is 2.65. The normalized spacial score (nSPS) is 10.7. The van der Waals surface area contributed by atoms with E-state index in [9.17, 15) is 0 Å². The van der Waals surface area contributed by atoms with E-state index in [0.29, 0.717) is 0 Å². The van der Waals surface area contributed by atoms with Crippen molar-refractivity contribution < 1.29 is 0 Å². The molecule has 0 spiro atoms. The molecule has 0 fully saturated rings. The van der Waals surface area contributed by atoms with Crippen LogP contribution in [-0.4, -0.2) is 13.4 Å². The smallest absolute Gasteiger partial charge is 0.0954 e. The fraction of sp³-hybridized carbons (Fsp3) is 0.133. The lowest BCUT2D eigenvalue weighted by molar-refractivity contribution is 1.28. The molecule has 0 heterocycles. The molecule has 0 saturated heterocycles. The topological polar surface area (TPSA) is 15.6 Å². The van der Waals surface area contributed by atoms with Crippen molar-refractivity contribution in [3.8, 4) is 0 Å². The summed E-state index contributed by atoms with van der Waals surface area (Å²) in [5.41, 5.74) is 3.32. The molecule has 86 valence electrons. The van der Waals surface area contributed by atoms with Gasteiger partial charge >= 0.3 is 0 Å². The maximum Gasteiger partial charge on any atom is 0.0954 e. The van der Waals surface area contributed by atoms with Crippen LogP contribution in [-0.2, 0) is 0 Å². The minimum Gasteiger partial charge on any atom is -0.336 e. The monoisotopic (exact) mass is 224 g/mol. The summed E-state index contributed by atoms with van der Waals surface area (Å²) >= 11 is 0. The van der Waals surface area contributed by atoms with E-state index in [1.165, 1.54) is 5.56 Å². The average Bonchev–Trinajstić information content (AvgIpc) is 2.38. The average molecular weight is 224 g/mol. The molecule has 0 aliphatic rings. The van der Waals surface area contributed by atoms with Crippen molar-refractivity contribution in [3.63, 3.8) is 0 Å². The Labute approximate surface area is 102 Å². The fourth-order valence-corrected chi connectivity index (χ4v) is 1.59. The minimum absolute atomic E-state index is 1.01. The molecule has 0 bridgehead atoms. The van der Waals surface area contributed by atoms with Crippen LogP contribution >= 0.6 is 0 Å². The van der Waals surface area contributed by atoms with Crippen molar-refractivity contribution in [2.24, 2.45) is 4.99 Å². The first-order chi connectivity index (χ1) is 8.27. The summed E-state index contributed by atoms with van der Waals surface area (Å²) in [5.74, 6) is 0. The lowest BCUT2D eigenvalue weighted by Gasteiger charge is -2.12. The predicted octanol–water partition coefficient (Wildman–Crippen LogP) is 3.79. The molecule has 0 amide bonds. The van der Waals surface area contributed by atoms with Gasteiger partial charge in [-0.2, -0.15) is 0 Å². The van der Waals surface area contributed by atoms with Crippen LogP contribution in [0.25, 0.3) is 0 Å². The number of hydrogen-bond acceptors (Lipinski definition) is 1. The van der Waals surface area contributed by atoms with E-state index in [0.717, 1.165) is 11.4 Å². The van der Waals surface area contributed by atoms with Gasteiger partial charge in [-0.1, -0.05) is 36.4 Å². The predicted molar refractivity (Wildman–Crippen MR) is 74.2 cm³/mol. The Balaban J connectivity index is 2.14. The summed E-state index contributed by atoms with van der Waals surface area (Å²) in [4.78, 5) is 6.49. The first kappa shape index (κ1) is 11.4. The summed E-state index contributed by atoms with van der Waals surface area (Å²) in [5, 5.41) is 0. The highest BCUT2D eigenvalue weighted by Crippen LogP contribution is 2.17. The molecule has 2 aromatic carbocycles. The molecule has 0 unspecified atom stereocenters. The van der Waals surface area contributed by atoms with Gasteiger partial charge in [0.25, 0.3) is 0 Å². The molecule has 2 heteroatoms. The molecule has 17 heavy (non-hydrogen) atoms. The number of anilines is 1. The number of aryl methyl sites for hydroxylation is 1. The van der Waals surface area contributed by atoms with Crippen LogP contribution in [0.2, 0.25) is 0 Å². The van der Waals surface area contributed by atoms with Gasteiger partial charge in [0.15, 0.2) is 0 Å². The highest BCUT2D eigenvalue weighted by Gasteiger charge is 1.96. The molecule has 0 aliphatic heterocycles. The zero-order chi connectivity index (χ0) is 12.1. The maximum atomic E-state index is 4.48. The SMILES string of the molecule is Cc1ccccc1N=CN(C)c1ccccc1. The molecule has 2 aromatic rings. The minimum atomic E-state index is 1.01. The van der Waals surface area contributed by atoms with Crippen LogP contribution < -0.4 is 4.90 Å². The van der Waals surface area contributed by atoms with Crippen LogP contribution in [0.1, 0.15) is 5.56 Å². The van der Waals surface area contributed by atoms with Gasteiger partial charge in [-0.3, -0.25) is 0 Å². The molecule has 0 aromatic heterocycles. The molecule has 2 nitrogen and oxygen atoms in total. The van der Waals surface area contributed by atoms with Gasteiger partial charge in [0, 0.05) is 12.7 Å². The van der Waals surface area contributed by atoms with Crippen molar-refractivity contribution >= 4 is 17.7 Å². The molecular weight excluding hydrogens is 208 g/mol. The number of rotatable bonds is 3. The van der Waals surface area contributed by atoms with Crippen molar-refractivity contribution in [2.45, 2.75) is 6.92 Å². The van der Waals surface area contributed by atoms with Crippen LogP contribution in [0, 0.1) is 6.92 Å². The lowest BCUT2D eigenvalue weighted by atomic mass is 10.2. The molecule has 2 rings (SSSR count). The summed E-state index contributed by atoms with van der Waals surface area (Å²) in [6.45, 7) is 2.06. The summed E-state index contributed by atoms with van der Waals surface area (Å²) < 4.78 is 0. The van der Waals surface area contributed by atoms with E-state index in [4.69, 9.17) is 0 Å². The summed E-state index contributed by atoms with van der Waals surface area (Å²) in [6, 6.07) is 18.3. The molecule has 0 radical (unpaired) electrons. The highest BCUT2D eigenvalue weighted by atomic mass is 15.1. The quantitative estimate of drug-likeness (QED) is 0.572. The zero-order valence-electron chi connectivity index (χ0n) is 10.2. The van der Waals surface area contributed by atoms with Crippen LogP contribution in [0.4, 0.5) is 11.4 Å². The zero-order valence-corrected chi connectivity index (χ0v) is 10.2. The van der Waals surface area contributed by atoms with Gasteiger partial charge in [-0.05, 0) is 30.7 Å². The van der Waals surface area contributed by atoms with Gasteiger partial charge in [-0.25, -0.2) is 4.99 Å². The number of benzene rings is 2. The van der Waals surface area contributed by atoms with Gasteiger partial charge in [0.2, 0.25) is 0 Å². The Kier molecular flexibility index (Phi) is 3.55. The van der Waals surface area contributed by atoms with Crippen LogP contribution in [0.3, 0.4) is 0 Å².